The van der Waals surface area contributed by atoms with Crippen molar-refractivity contribution < 1.29 is 23.7 Å². The Kier molecular flexibility index (Phi) is 4.07. The van der Waals surface area contributed by atoms with E-state index in [-0.39, 0.29) is 17.1 Å². The number of fused-ring (bicyclic) bond motifs is 1. The Hall–Kier alpha value is -3.09. The first kappa shape index (κ1) is 15.8. The molecule has 0 saturated carbocycles. The Morgan fingerprint density at radius 3 is 2.17 bits per heavy atom. The van der Waals surface area contributed by atoms with Gasteiger partial charge in [0.15, 0.2) is 17.3 Å². The molecule has 0 aliphatic rings. The molecule has 0 saturated heterocycles. The molecule has 1 heterocycles. The topological polar surface area (TPSA) is 73.7 Å². The van der Waals surface area contributed by atoms with E-state index in [1.54, 1.807) is 12.1 Å². The van der Waals surface area contributed by atoms with Crippen LogP contribution in [0.2, 0.25) is 0 Å². The first-order valence-electron chi connectivity index (χ1n) is 7.04. The Bertz CT molecular complexity index is 889. The van der Waals surface area contributed by atoms with Gasteiger partial charge in [0.2, 0.25) is 11.6 Å². The quantitative estimate of drug-likeness (QED) is 0.792. The summed E-state index contributed by atoms with van der Waals surface area (Å²) in [6.07, 6.45) is 0. The van der Waals surface area contributed by atoms with E-state index < -0.39 is 5.82 Å². The summed E-state index contributed by atoms with van der Waals surface area (Å²) >= 11 is 0. The number of hydrogen-bond donors (Lipinski definition) is 1. The summed E-state index contributed by atoms with van der Waals surface area (Å²) in [7, 11) is 4.51. The monoisotopic (exact) mass is 330 g/mol. The van der Waals surface area contributed by atoms with Crippen LogP contribution in [0.25, 0.3) is 22.3 Å². The molecule has 1 N–H and O–H groups in total. The predicted octanol–water partition coefficient (Wildman–Crippen LogP) is 3.17. The van der Waals surface area contributed by atoms with Crippen LogP contribution in [0.4, 0.5) is 4.39 Å². The second kappa shape index (κ2) is 6.19. The largest absolute Gasteiger partial charge is 0.493 e. The van der Waals surface area contributed by atoms with Crippen molar-refractivity contribution in [1.29, 1.82) is 0 Å². The smallest absolute Gasteiger partial charge is 0.222 e. The number of halogens is 1. The van der Waals surface area contributed by atoms with Gasteiger partial charge in [-0.15, -0.1) is 0 Å². The van der Waals surface area contributed by atoms with Crippen molar-refractivity contribution in [2.45, 2.75) is 0 Å². The molecular weight excluding hydrogens is 315 g/mol. The molecule has 1 aromatic heterocycles. The lowest BCUT2D eigenvalue weighted by molar-refractivity contribution is 0.324. The zero-order valence-electron chi connectivity index (χ0n) is 13.3. The molecule has 3 rings (SSSR count). The van der Waals surface area contributed by atoms with E-state index in [2.05, 4.69) is 9.97 Å². The molecule has 0 bridgehead atoms. The van der Waals surface area contributed by atoms with Gasteiger partial charge >= 0.3 is 0 Å². The van der Waals surface area contributed by atoms with Gasteiger partial charge in [-0.1, -0.05) is 0 Å². The minimum absolute atomic E-state index is 0.242. The lowest BCUT2D eigenvalue weighted by Crippen LogP contribution is -1.97. The summed E-state index contributed by atoms with van der Waals surface area (Å²) in [4.78, 5) is 8.41. The van der Waals surface area contributed by atoms with E-state index in [1.165, 1.54) is 39.5 Å². The second-order valence-electron chi connectivity index (χ2n) is 4.95. The maximum absolute atomic E-state index is 13.3. The van der Waals surface area contributed by atoms with Crippen molar-refractivity contribution in [3.63, 3.8) is 0 Å². The fourth-order valence-electron chi connectivity index (χ4n) is 2.42. The number of nitrogens with zero attached hydrogens (tertiary/aromatic N) is 2. The zero-order valence-corrected chi connectivity index (χ0v) is 13.3. The number of aromatic nitrogens is 2. The number of methoxy groups -OCH3 is 3. The normalized spacial score (nSPS) is 10.7. The van der Waals surface area contributed by atoms with Gasteiger partial charge in [-0.3, -0.25) is 0 Å². The second-order valence-corrected chi connectivity index (χ2v) is 4.95. The molecule has 0 spiro atoms. The first-order chi connectivity index (χ1) is 11.6. The highest BCUT2D eigenvalue weighted by Crippen LogP contribution is 2.41. The van der Waals surface area contributed by atoms with Crippen molar-refractivity contribution in [2.24, 2.45) is 0 Å². The third kappa shape index (κ3) is 2.64. The van der Waals surface area contributed by atoms with Gasteiger partial charge in [0, 0.05) is 5.56 Å². The van der Waals surface area contributed by atoms with Crippen molar-refractivity contribution in [3.8, 4) is 34.5 Å². The van der Waals surface area contributed by atoms with Gasteiger partial charge in [-0.25, -0.2) is 9.37 Å². The van der Waals surface area contributed by atoms with Crippen LogP contribution in [0, 0.1) is 5.82 Å². The summed E-state index contributed by atoms with van der Waals surface area (Å²) in [5, 5.41) is 10.3. The van der Waals surface area contributed by atoms with Gasteiger partial charge in [0.1, 0.15) is 5.82 Å². The Morgan fingerprint density at radius 2 is 1.58 bits per heavy atom. The molecule has 0 fully saturated rings. The van der Waals surface area contributed by atoms with E-state index in [1.807, 2.05) is 0 Å². The average Bonchev–Trinajstić information content (AvgIpc) is 2.60. The van der Waals surface area contributed by atoms with Crippen LogP contribution < -0.4 is 14.2 Å². The molecule has 0 radical (unpaired) electrons. The first-order valence-corrected chi connectivity index (χ1v) is 7.04. The van der Waals surface area contributed by atoms with E-state index in [0.29, 0.717) is 28.3 Å². The van der Waals surface area contributed by atoms with Crippen LogP contribution in [0.5, 0.6) is 23.1 Å². The van der Waals surface area contributed by atoms with Gasteiger partial charge in [-0.2, -0.15) is 4.98 Å². The fraction of sp³-hybridized carbons (Fsp3) is 0.176. The summed E-state index contributed by atoms with van der Waals surface area (Å²) in [6, 6.07) is 7.28. The third-order valence-electron chi connectivity index (χ3n) is 3.56. The van der Waals surface area contributed by atoms with Gasteiger partial charge in [0.05, 0.1) is 32.2 Å². The molecule has 0 amide bonds. The highest BCUT2D eigenvalue weighted by atomic mass is 19.1. The summed E-state index contributed by atoms with van der Waals surface area (Å²) in [6.45, 7) is 0. The van der Waals surface area contributed by atoms with Crippen LogP contribution in [-0.4, -0.2) is 36.4 Å². The minimum Gasteiger partial charge on any atom is -0.493 e. The van der Waals surface area contributed by atoms with Crippen molar-refractivity contribution in [2.75, 3.05) is 21.3 Å². The Balaban J connectivity index is 2.22. The maximum Gasteiger partial charge on any atom is 0.222 e. The van der Waals surface area contributed by atoms with Gasteiger partial charge in [-0.05, 0) is 30.3 Å². The maximum atomic E-state index is 13.3. The number of rotatable bonds is 4. The number of aromatic hydroxyl groups is 1. The van der Waals surface area contributed by atoms with Crippen LogP contribution in [0.3, 0.4) is 0 Å². The molecule has 3 aromatic rings. The number of ether oxygens (including phenoxy) is 3. The summed E-state index contributed by atoms with van der Waals surface area (Å²) in [5.41, 5.74) is 0.985. The lowest BCUT2D eigenvalue weighted by Gasteiger charge is -2.14. The molecule has 6 nitrogen and oxygen atoms in total. The van der Waals surface area contributed by atoms with E-state index in [0.717, 1.165) is 0 Å². The van der Waals surface area contributed by atoms with Crippen LogP contribution in [0.15, 0.2) is 30.3 Å². The highest BCUT2D eigenvalue weighted by Gasteiger charge is 2.17. The van der Waals surface area contributed by atoms with E-state index in [9.17, 15) is 9.50 Å². The molecule has 124 valence electrons. The molecule has 7 heteroatoms. The standard InChI is InChI=1S/C17H15FN2O4/c1-22-13-6-9(7-14(23-2)15(13)24-3)16-19-12-5-4-10(18)8-11(12)17(21)20-16/h4-8H,1-3H3,(H,19,20,21). The summed E-state index contributed by atoms with van der Waals surface area (Å²) < 4.78 is 29.2. The predicted molar refractivity (Wildman–Crippen MR) is 86.3 cm³/mol. The van der Waals surface area contributed by atoms with Crippen molar-refractivity contribution in [1.82, 2.24) is 9.97 Å². The molecule has 2 aromatic carbocycles. The van der Waals surface area contributed by atoms with Crippen LogP contribution in [0.1, 0.15) is 0 Å². The molecule has 0 atom stereocenters. The Labute approximate surface area is 137 Å². The lowest BCUT2D eigenvalue weighted by atomic mass is 10.1. The van der Waals surface area contributed by atoms with E-state index >= 15 is 0 Å². The van der Waals surface area contributed by atoms with Gasteiger partial charge in [0.25, 0.3) is 0 Å². The fourth-order valence-corrected chi connectivity index (χ4v) is 2.42. The molecule has 0 unspecified atom stereocenters. The van der Waals surface area contributed by atoms with Gasteiger partial charge < -0.3 is 19.3 Å². The SMILES string of the molecule is COc1cc(-c2nc(O)c3cc(F)ccc3n2)cc(OC)c1OC. The van der Waals surface area contributed by atoms with Crippen LogP contribution in [-0.2, 0) is 0 Å². The zero-order chi connectivity index (χ0) is 17.3. The number of benzene rings is 2. The van der Waals surface area contributed by atoms with Crippen LogP contribution >= 0.6 is 0 Å². The highest BCUT2D eigenvalue weighted by molar-refractivity contribution is 5.85. The molecule has 0 aliphatic carbocycles. The minimum atomic E-state index is -0.470. The molecule has 24 heavy (non-hydrogen) atoms. The van der Waals surface area contributed by atoms with E-state index in [4.69, 9.17) is 14.2 Å². The average molecular weight is 330 g/mol. The Morgan fingerprint density at radius 1 is 0.917 bits per heavy atom. The number of hydrogen-bond acceptors (Lipinski definition) is 6. The third-order valence-corrected chi connectivity index (χ3v) is 3.56. The molecular formula is C17H15FN2O4. The molecule has 0 aliphatic heterocycles. The van der Waals surface area contributed by atoms with Crippen molar-refractivity contribution >= 4 is 10.9 Å². The van der Waals surface area contributed by atoms with Crippen molar-refractivity contribution in [3.05, 3.63) is 36.1 Å². The summed E-state index contributed by atoms with van der Waals surface area (Å²) in [5.74, 6) is 0.801.